The number of aromatic hydroxyl groups is 1. The van der Waals surface area contributed by atoms with Gasteiger partial charge in [0, 0.05) is 79.2 Å². The van der Waals surface area contributed by atoms with Gasteiger partial charge in [-0.25, -0.2) is 19.3 Å². The number of urea groups is 1. The number of aromatic nitrogens is 4. The molecule has 0 saturated carbocycles. The number of unbranched alkanes of at least 4 members (excludes halogenated alkanes) is 1. The molecule has 3 unspecified atom stereocenters. The predicted octanol–water partition coefficient (Wildman–Crippen LogP) is 21.6. The van der Waals surface area contributed by atoms with Crippen LogP contribution >= 0.6 is 106 Å². The number of anilines is 3. The molecule has 0 spiro atoms. The zero-order valence-corrected chi connectivity index (χ0v) is 85.4. The number of para-hydroxylation sites is 1. The van der Waals surface area contributed by atoms with Crippen LogP contribution in [0.4, 0.5) is 43.2 Å². The molecule has 8 rings (SSSR count). The average Bonchev–Trinajstić information content (AvgIpc) is 1.78. The number of aryl methyl sites for hydroxylation is 3. The molecule has 1 aliphatic rings. The largest absolute Gasteiger partial charge is 0.506 e. The van der Waals surface area contributed by atoms with E-state index in [1.165, 1.54) is 79.2 Å². The van der Waals surface area contributed by atoms with Crippen molar-refractivity contribution in [1.29, 1.82) is 5.26 Å². The minimum absolute atomic E-state index is 0.0210. The van der Waals surface area contributed by atoms with Gasteiger partial charge in [-0.1, -0.05) is 182 Å². The molecule has 692 valence electrons. The molecule has 5 aromatic carbocycles. The number of carbonyl (C=O) groups is 4. The molecule has 32 nitrogen and oxygen atoms in total. The Labute approximate surface area is 782 Å². The van der Waals surface area contributed by atoms with Crippen molar-refractivity contribution in [3.8, 4) is 23.3 Å². The Bertz CT molecular complexity index is 4870. The molecule has 1 fully saturated rings. The van der Waals surface area contributed by atoms with Crippen LogP contribution in [0.3, 0.4) is 0 Å². The van der Waals surface area contributed by atoms with Gasteiger partial charge in [0.15, 0.2) is 11.9 Å². The van der Waals surface area contributed by atoms with Crippen LogP contribution in [0.2, 0.25) is 21.5 Å². The van der Waals surface area contributed by atoms with E-state index < -0.39 is 46.2 Å². The first-order chi connectivity index (χ1) is 58.1. The standard InChI is InChI=1S/C17H26ClNO2.C14H9Cl2NO5.C14H21N3O4.C11H23NOS.C10H16N4O2S.C9H13BrN2O2.C7H3Br2NO.C2H7AsO2/c1-4-7-11-21-13-19(16(20)12-18)17-14(5-2)9-8-10-15(17)6-3;1-21-14(18)10-7-9(3-4-12(10)17(19)20)22-13-5-2-8(15)6-11(13)16;1-6-9(2)15-13-11(16(18)19)7-10(14(3,4)5)8-12(13)17(20)21;1-6-14-11(13)12(7-9(2)3)8-10(4)5;1-10(2,3)7-11-12-8(17-7)14-6(15)5-13(4)9(14)16;1-4-5(2)12-8(13)7(10)6(3)11-9(12)14;8-5-1-4(3-10)2-6(9)7(5)11;1-3(2,4)5/h8-10H,4-7,11-13H2,1-3H3;2-7H,1H3;7-9,15H,6H2,1-5H3;9-10H,6-8H2,1-5H3;6,15H,5H2,1-4H3;5H,4H2,1-3H3,(H,11,14);1-2,11H;1-2H3,(H,4,5). The first-order valence-electron chi connectivity index (χ1n) is 39.7. The molecule has 3 atom stereocenters. The summed E-state index contributed by atoms with van der Waals surface area (Å²) >= 11 is 26.5. The number of aliphatic hydroxyl groups is 1. The minimum Gasteiger partial charge on any atom is -0.506 e. The van der Waals surface area contributed by atoms with E-state index in [-0.39, 0.29) is 103 Å². The number of thioether (sulfide) groups is 1. The maximum atomic E-state index is 12.2. The number of rotatable bonds is 26. The summed E-state index contributed by atoms with van der Waals surface area (Å²) in [6.45, 7) is 40.8. The van der Waals surface area contributed by atoms with E-state index in [4.69, 9.17) is 53.6 Å². The second-order valence-electron chi connectivity index (χ2n) is 31.2. The van der Waals surface area contributed by atoms with Gasteiger partial charge in [-0.15, -0.1) is 21.8 Å². The number of phenolic OH excluding ortho intramolecular Hbond substituents is 1. The fourth-order valence-electron chi connectivity index (χ4n) is 10.5. The Hall–Kier alpha value is -7.99. The van der Waals surface area contributed by atoms with Crippen molar-refractivity contribution in [2.24, 2.45) is 11.8 Å². The smallest absolute Gasteiger partial charge is 0.144 e. The molecule has 5 N–H and O–H groups in total. The van der Waals surface area contributed by atoms with Gasteiger partial charge in [0.25, 0.3) is 27.9 Å². The van der Waals surface area contributed by atoms with Crippen molar-refractivity contribution < 1.29 is 66.2 Å². The van der Waals surface area contributed by atoms with Gasteiger partial charge in [0.2, 0.25) is 11.0 Å². The van der Waals surface area contributed by atoms with Crippen molar-refractivity contribution in [3.63, 3.8) is 0 Å². The number of halogens is 6. The van der Waals surface area contributed by atoms with Gasteiger partial charge in [-0.2, -0.15) is 5.26 Å². The number of likely N-dealkylation sites (N-methyl/N-ethyl adjacent to an activating group) is 1. The summed E-state index contributed by atoms with van der Waals surface area (Å²) in [7, 11) is 2.78. The summed E-state index contributed by atoms with van der Waals surface area (Å²) in [5.74, 6) is 1.62. The number of hydrogen-bond donors (Lipinski definition) is 5. The van der Waals surface area contributed by atoms with Gasteiger partial charge in [-0.3, -0.25) is 54.2 Å². The van der Waals surface area contributed by atoms with E-state index in [1.807, 2.05) is 93.2 Å². The number of aromatic amines is 1. The van der Waals surface area contributed by atoms with Crippen molar-refractivity contribution >= 4 is 176 Å². The number of ether oxygens (including phenoxy) is 3. The van der Waals surface area contributed by atoms with Crippen LogP contribution in [0.15, 0.2) is 102 Å². The summed E-state index contributed by atoms with van der Waals surface area (Å²) < 4.78 is 36.4. The van der Waals surface area contributed by atoms with E-state index in [0.717, 1.165) is 85.9 Å². The number of nitro groups is 3. The minimum atomic E-state index is -3.12. The molecular formula is C84H118AsBr3Cl3N13O19S2. The Morgan fingerprint density at radius 2 is 1.35 bits per heavy atom. The predicted molar refractivity (Wildman–Crippen MR) is 509 cm³/mol. The van der Waals surface area contributed by atoms with Gasteiger partial charge >= 0.3 is 50.8 Å². The number of β-amino-alcohol motifs (C(OH)–C–C–N with tert-alkyl or cyclic N) is 1. The van der Waals surface area contributed by atoms with Gasteiger partial charge in [0.1, 0.15) is 44.9 Å². The zero-order valence-electron chi connectivity index (χ0n) is 74.9. The van der Waals surface area contributed by atoms with Crippen LogP contribution < -0.4 is 31.1 Å². The molecule has 2 aromatic heterocycles. The number of amides is 4. The number of nitrogens with zero attached hydrogens (tertiary/aromatic N) is 11. The number of H-pyrrole nitrogens is 1. The summed E-state index contributed by atoms with van der Waals surface area (Å²) in [4.78, 5) is 111. The van der Waals surface area contributed by atoms with E-state index in [0.29, 0.717) is 77.6 Å². The van der Waals surface area contributed by atoms with E-state index >= 15 is 0 Å². The first kappa shape index (κ1) is 115. The molecule has 7 aromatic rings. The number of alkyl halides is 1. The van der Waals surface area contributed by atoms with Crippen molar-refractivity contribution in [2.45, 2.75) is 211 Å². The Morgan fingerprint density at radius 1 is 0.816 bits per heavy atom. The Balaban J connectivity index is 0.000000729. The Kier molecular flexibility index (Phi) is 51.2. The Morgan fingerprint density at radius 3 is 1.76 bits per heavy atom. The molecule has 41 heteroatoms. The quantitative estimate of drug-likeness (QED) is 0.00639. The summed E-state index contributed by atoms with van der Waals surface area (Å²) in [5, 5.41) is 74.2. The molecule has 1 saturated heterocycles. The van der Waals surface area contributed by atoms with Gasteiger partial charge in [0.05, 0.1) is 59.7 Å². The molecule has 3 heterocycles. The monoisotopic (exact) mass is 2090 g/mol. The van der Waals surface area contributed by atoms with Gasteiger partial charge < -0.3 is 44.5 Å². The number of phenols is 1. The average molecular weight is 2100 g/mol. The fraction of sp³-hybridized carbons (Fsp3) is 0.512. The summed E-state index contributed by atoms with van der Waals surface area (Å²) in [5.41, 5.74) is 5.41. The third-order valence-electron chi connectivity index (χ3n) is 17.2. The molecule has 0 aliphatic carbocycles. The topological polar surface area (TPSA) is 433 Å². The maximum absolute atomic E-state index is 12.2. The van der Waals surface area contributed by atoms with Crippen LogP contribution in [0.5, 0.6) is 17.2 Å². The van der Waals surface area contributed by atoms with Crippen molar-refractivity contribution in [1.82, 2.24) is 29.5 Å². The number of methoxy groups -OCH3 is 1. The van der Waals surface area contributed by atoms with E-state index in [1.54, 1.807) is 43.1 Å². The second kappa shape index (κ2) is 55.7. The number of benzene rings is 5. The van der Waals surface area contributed by atoms with Crippen molar-refractivity contribution in [3.05, 3.63) is 192 Å². The number of nitrogens with one attached hydrogen (secondary N) is 2. The third kappa shape index (κ3) is 39.2. The molecule has 125 heavy (non-hydrogen) atoms. The molecule has 1 aliphatic heterocycles. The SMILES string of the molecule is CCC(C)Nc1c([N+](=O)[O-])cc(C(C)(C)C)cc1[N+](=O)[O-].CCC(C)n1c(=O)[nH]c(C)c(Br)c1=O.CCCCOCN(C(=O)CCl)c1c(CC)cccc1CC.CCSC(=O)N(CC(C)C)CC(C)C.CN1CC(O)N(c2nnc(C(C)(C)C)s2)C1=O.COC(=O)c1cc(Oc2ccc(Cl)cc2Cl)ccc1[N+](=O)[O-].C[As](C)(=O)O.N#Cc1cc(Br)c(O)c(Br)c1. The van der Waals surface area contributed by atoms with Crippen LogP contribution in [0.25, 0.3) is 0 Å². The molecule has 0 radical (unpaired) electrons. The first-order valence-corrected chi connectivity index (χ1v) is 50.6. The van der Waals surface area contributed by atoms with E-state index in [9.17, 15) is 73.1 Å². The summed E-state index contributed by atoms with van der Waals surface area (Å²) in [6, 6.07) is 22.0. The molecule has 4 amide bonds. The number of esters is 1. The number of nitriles is 1. The van der Waals surface area contributed by atoms with Crippen LogP contribution in [0.1, 0.15) is 200 Å². The van der Waals surface area contributed by atoms with E-state index in [2.05, 4.69) is 134 Å². The molecule has 0 bridgehead atoms. The number of hydrogen-bond acceptors (Lipinski definition) is 24. The van der Waals surface area contributed by atoms with Crippen LogP contribution in [0, 0.1) is 60.4 Å². The number of aliphatic hydroxyl groups excluding tert-OH is 1. The van der Waals surface area contributed by atoms with Crippen LogP contribution in [-0.4, -0.2) is 167 Å². The molecular weight excluding hydrogens is 1980 g/mol. The normalized spacial score (nSPS) is 12.6. The number of carbonyl (C=O) groups excluding carboxylic acids is 4. The fourth-order valence-corrected chi connectivity index (χ4v) is 14.1. The van der Waals surface area contributed by atoms with Crippen molar-refractivity contribution in [2.75, 3.05) is 73.9 Å². The van der Waals surface area contributed by atoms with Crippen LogP contribution in [-0.2, 0) is 41.7 Å². The second-order valence-corrected chi connectivity index (χ2v) is 42.4. The third-order valence-corrected chi connectivity index (χ3v) is 22.3. The summed E-state index contributed by atoms with van der Waals surface area (Å²) in [6.07, 6.45) is 4.45. The number of nitro benzene ring substituents is 3. The van der Waals surface area contributed by atoms with Gasteiger partial charge in [-0.05, 0) is 177 Å². The zero-order chi connectivity index (χ0) is 96.0. The maximum Gasteiger partial charge on any atom is 0.144 e.